The second-order valence-corrected chi connectivity index (χ2v) is 4.28. The lowest BCUT2D eigenvalue weighted by molar-refractivity contribution is -0.169. The molecule has 0 aliphatic carbocycles. The fourth-order valence-electron chi connectivity index (χ4n) is 0.949. The van der Waals surface area contributed by atoms with Crippen LogP contribution in [0.25, 0.3) is 0 Å². The van der Waals surface area contributed by atoms with Gasteiger partial charge in [-0.3, -0.25) is 4.55 Å². The molecule has 15 heavy (non-hydrogen) atoms. The van der Waals surface area contributed by atoms with Gasteiger partial charge in [0.1, 0.15) is 0 Å². The zero-order valence-electron chi connectivity index (χ0n) is 8.68. The zero-order chi connectivity index (χ0) is 11.9. The first-order valence-electron chi connectivity index (χ1n) is 4.40. The van der Waals surface area contributed by atoms with Gasteiger partial charge >= 0.3 is 10.1 Å². The van der Waals surface area contributed by atoms with E-state index in [2.05, 4.69) is 13.2 Å². The van der Waals surface area contributed by atoms with E-state index in [1.807, 2.05) is 0 Å². The molecule has 88 valence electrons. The molecule has 0 spiro atoms. The number of rotatable bonds is 8. The highest BCUT2D eigenvalue weighted by atomic mass is 32.2. The molecule has 0 aliphatic rings. The lowest BCUT2D eigenvalue weighted by Gasteiger charge is -2.28. The van der Waals surface area contributed by atoms with E-state index in [4.69, 9.17) is 14.0 Å². The number of hydrogen-bond acceptors (Lipinski definition) is 4. The summed E-state index contributed by atoms with van der Waals surface area (Å²) in [5.74, 6) is 0. The Bertz CT molecular complexity index is 294. The van der Waals surface area contributed by atoms with Crippen LogP contribution in [-0.4, -0.2) is 31.3 Å². The number of hydrogen-bond donors (Lipinski definition) is 1. The molecule has 0 fully saturated rings. The topological polar surface area (TPSA) is 72.8 Å². The summed E-state index contributed by atoms with van der Waals surface area (Å²) < 4.78 is 41.2. The van der Waals surface area contributed by atoms with Crippen molar-refractivity contribution in [2.24, 2.45) is 0 Å². The Kier molecular flexibility index (Phi) is 5.74. The Morgan fingerprint density at radius 3 is 1.87 bits per heavy atom. The summed E-state index contributed by atoms with van der Waals surface area (Å²) in [6, 6.07) is 0. The Hall–Kier alpha value is -0.690. The first-order chi connectivity index (χ1) is 6.93. The number of ether oxygens (including phenoxy) is 2. The fourth-order valence-corrected chi connectivity index (χ4v) is 1.75. The van der Waals surface area contributed by atoms with E-state index in [9.17, 15) is 8.42 Å². The maximum absolute atomic E-state index is 11.1. The molecule has 6 heteroatoms. The SMILES string of the molecule is C=CCOC(CC)(OCC=C)S(=O)(=O)O. The summed E-state index contributed by atoms with van der Waals surface area (Å²) in [4.78, 5) is 0. The molecule has 0 heterocycles. The van der Waals surface area contributed by atoms with Crippen molar-refractivity contribution in [3.8, 4) is 0 Å². The summed E-state index contributed by atoms with van der Waals surface area (Å²) in [7, 11) is -4.46. The van der Waals surface area contributed by atoms with Gasteiger partial charge in [0.2, 0.25) is 0 Å². The van der Waals surface area contributed by atoms with Gasteiger partial charge in [0.25, 0.3) is 5.12 Å². The molecular formula is C9H16O5S. The summed E-state index contributed by atoms with van der Waals surface area (Å²) in [5.41, 5.74) is 0. The molecule has 0 unspecified atom stereocenters. The van der Waals surface area contributed by atoms with Gasteiger partial charge in [-0.1, -0.05) is 19.1 Å². The minimum Gasteiger partial charge on any atom is -0.331 e. The molecule has 0 bridgehead atoms. The van der Waals surface area contributed by atoms with Crippen molar-refractivity contribution in [2.45, 2.75) is 18.5 Å². The van der Waals surface area contributed by atoms with E-state index in [0.29, 0.717) is 0 Å². The van der Waals surface area contributed by atoms with Crippen molar-refractivity contribution < 1.29 is 22.4 Å². The van der Waals surface area contributed by atoms with Gasteiger partial charge in [-0.15, -0.1) is 13.2 Å². The van der Waals surface area contributed by atoms with Crippen LogP contribution in [0.4, 0.5) is 0 Å². The standard InChI is InChI=1S/C9H16O5S/c1-4-7-13-9(6-3,14-8-5-2)15(10,11)12/h4-5H,1-2,6-8H2,3H3,(H,10,11,12). The molecule has 0 aromatic carbocycles. The predicted molar refractivity (Wildman–Crippen MR) is 56.9 cm³/mol. The first-order valence-corrected chi connectivity index (χ1v) is 5.84. The maximum atomic E-state index is 11.1. The van der Waals surface area contributed by atoms with E-state index < -0.39 is 15.2 Å². The van der Waals surface area contributed by atoms with Crippen LogP contribution in [-0.2, 0) is 19.6 Å². The van der Waals surface area contributed by atoms with E-state index in [0.717, 1.165) is 0 Å². The second kappa shape index (κ2) is 6.02. The highest BCUT2D eigenvalue weighted by molar-refractivity contribution is 7.86. The quantitative estimate of drug-likeness (QED) is 0.391. The molecule has 0 aromatic heterocycles. The van der Waals surface area contributed by atoms with Crippen LogP contribution >= 0.6 is 0 Å². The van der Waals surface area contributed by atoms with Crippen LogP contribution in [0.3, 0.4) is 0 Å². The summed E-state index contributed by atoms with van der Waals surface area (Å²) in [6.45, 7) is 8.22. The van der Waals surface area contributed by atoms with E-state index in [1.165, 1.54) is 19.1 Å². The third kappa shape index (κ3) is 3.75. The lowest BCUT2D eigenvalue weighted by Crippen LogP contribution is -2.43. The maximum Gasteiger partial charge on any atom is 0.322 e. The Morgan fingerprint density at radius 2 is 1.67 bits per heavy atom. The average Bonchev–Trinajstić information content (AvgIpc) is 2.17. The molecule has 0 saturated carbocycles. The molecule has 1 N–H and O–H groups in total. The van der Waals surface area contributed by atoms with Gasteiger partial charge in [-0.2, -0.15) is 8.42 Å². The summed E-state index contributed by atoms with van der Waals surface area (Å²) >= 11 is 0. The van der Waals surface area contributed by atoms with Gasteiger partial charge in [0, 0.05) is 6.42 Å². The lowest BCUT2D eigenvalue weighted by atomic mass is 10.4. The monoisotopic (exact) mass is 236 g/mol. The minimum atomic E-state index is -4.46. The third-order valence-corrected chi connectivity index (χ3v) is 2.98. The van der Waals surface area contributed by atoms with Crippen molar-refractivity contribution in [1.82, 2.24) is 0 Å². The Balaban J connectivity index is 4.92. The van der Waals surface area contributed by atoms with Crippen LogP contribution in [0.15, 0.2) is 25.3 Å². The van der Waals surface area contributed by atoms with Crippen molar-refractivity contribution in [3.05, 3.63) is 25.3 Å². The molecule has 0 atom stereocenters. The molecule has 0 rings (SSSR count). The molecule has 0 aromatic rings. The Morgan fingerprint density at radius 1 is 1.27 bits per heavy atom. The molecule has 0 amide bonds. The molecule has 0 aliphatic heterocycles. The highest BCUT2D eigenvalue weighted by Crippen LogP contribution is 2.24. The zero-order valence-corrected chi connectivity index (χ0v) is 9.50. The normalized spacial score (nSPS) is 12.4. The fraction of sp³-hybridized carbons (Fsp3) is 0.556. The van der Waals surface area contributed by atoms with Crippen molar-refractivity contribution >= 4 is 10.1 Å². The van der Waals surface area contributed by atoms with Crippen LogP contribution < -0.4 is 0 Å². The van der Waals surface area contributed by atoms with Crippen LogP contribution in [0.2, 0.25) is 0 Å². The van der Waals surface area contributed by atoms with Crippen molar-refractivity contribution in [2.75, 3.05) is 13.2 Å². The summed E-state index contributed by atoms with van der Waals surface area (Å²) in [6.07, 6.45) is 2.70. The first kappa shape index (κ1) is 14.3. The van der Waals surface area contributed by atoms with Gasteiger partial charge in [0.15, 0.2) is 0 Å². The minimum absolute atomic E-state index is 0.0342. The van der Waals surface area contributed by atoms with E-state index >= 15 is 0 Å². The van der Waals surface area contributed by atoms with Gasteiger partial charge in [0.05, 0.1) is 13.2 Å². The third-order valence-electron chi connectivity index (χ3n) is 1.67. The highest BCUT2D eigenvalue weighted by Gasteiger charge is 2.43. The van der Waals surface area contributed by atoms with Gasteiger partial charge in [-0.25, -0.2) is 0 Å². The second-order valence-electron chi connectivity index (χ2n) is 2.71. The van der Waals surface area contributed by atoms with Crippen molar-refractivity contribution in [1.29, 1.82) is 0 Å². The Labute approximate surface area is 90.1 Å². The molecular weight excluding hydrogens is 220 g/mol. The smallest absolute Gasteiger partial charge is 0.322 e. The largest absolute Gasteiger partial charge is 0.331 e. The molecule has 5 nitrogen and oxygen atoms in total. The molecule has 0 radical (unpaired) electrons. The molecule has 0 saturated heterocycles. The van der Waals surface area contributed by atoms with E-state index in [1.54, 1.807) is 0 Å². The van der Waals surface area contributed by atoms with Crippen LogP contribution in [0, 0.1) is 0 Å². The van der Waals surface area contributed by atoms with Crippen molar-refractivity contribution in [3.63, 3.8) is 0 Å². The van der Waals surface area contributed by atoms with Gasteiger partial charge < -0.3 is 9.47 Å². The predicted octanol–water partition coefficient (Wildman–Crippen LogP) is 1.34. The van der Waals surface area contributed by atoms with E-state index in [-0.39, 0.29) is 19.6 Å². The summed E-state index contributed by atoms with van der Waals surface area (Å²) in [5, 5.41) is -2.03. The average molecular weight is 236 g/mol. The van der Waals surface area contributed by atoms with Crippen LogP contribution in [0.5, 0.6) is 0 Å². The van der Waals surface area contributed by atoms with Gasteiger partial charge in [-0.05, 0) is 0 Å². The van der Waals surface area contributed by atoms with Crippen LogP contribution in [0.1, 0.15) is 13.3 Å².